The lowest BCUT2D eigenvalue weighted by molar-refractivity contribution is -0.127. The van der Waals surface area contributed by atoms with Crippen LogP contribution in [0, 0.1) is 0 Å². The fraction of sp³-hybridized carbons (Fsp3) is 0.190. The van der Waals surface area contributed by atoms with E-state index in [1.54, 1.807) is 25.4 Å². The molecule has 3 aromatic rings. The molecule has 4 nitrogen and oxygen atoms in total. The number of amides is 1. The maximum absolute atomic E-state index is 12.4. The number of benzene rings is 2. The van der Waals surface area contributed by atoms with Gasteiger partial charge in [0.05, 0.1) is 13.7 Å². The molecule has 1 unspecified atom stereocenters. The minimum atomic E-state index is -0.564. The molecule has 0 aliphatic heterocycles. The van der Waals surface area contributed by atoms with E-state index < -0.39 is 6.10 Å². The number of nitrogens with one attached hydrogen (secondary N) is 1. The van der Waals surface area contributed by atoms with Crippen LogP contribution in [0.15, 0.2) is 65.4 Å². The number of anilines is 1. The summed E-state index contributed by atoms with van der Waals surface area (Å²) in [5.74, 6) is 0.601. The van der Waals surface area contributed by atoms with E-state index in [1.165, 1.54) is 0 Å². The first-order valence-corrected chi connectivity index (χ1v) is 9.28. The molecule has 1 atom stereocenters. The third kappa shape index (κ3) is 4.71. The SMILES string of the molecule is COc1cccc(COC(C)C(=O)Nc2cccc(-c3ccsc3)c2)c1. The molecule has 134 valence electrons. The molecule has 1 N–H and O–H groups in total. The number of hydrogen-bond donors (Lipinski definition) is 1. The van der Waals surface area contributed by atoms with Crippen molar-refractivity contribution >= 4 is 22.9 Å². The molecular weight excluding hydrogens is 346 g/mol. The topological polar surface area (TPSA) is 47.6 Å². The standard InChI is InChI=1S/C21H21NO3S/c1-15(25-13-16-5-3-8-20(11-16)24-2)21(23)22-19-7-4-6-17(12-19)18-9-10-26-14-18/h3-12,14-15H,13H2,1-2H3,(H,22,23). The Balaban J connectivity index is 1.58. The van der Waals surface area contributed by atoms with Crippen LogP contribution in [0.5, 0.6) is 5.75 Å². The lowest BCUT2D eigenvalue weighted by Gasteiger charge is -2.14. The highest BCUT2D eigenvalue weighted by Gasteiger charge is 2.14. The molecule has 0 spiro atoms. The van der Waals surface area contributed by atoms with Crippen LogP contribution in [-0.2, 0) is 16.1 Å². The van der Waals surface area contributed by atoms with Crippen molar-refractivity contribution in [1.29, 1.82) is 0 Å². The third-order valence-electron chi connectivity index (χ3n) is 3.99. The first kappa shape index (κ1) is 18.2. The Bertz CT molecular complexity index is 861. The van der Waals surface area contributed by atoms with Crippen LogP contribution in [0.4, 0.5) is 5.69 Å². The molecule has 0 aliphatic rings. The van der Waals surface area contributed by atoms with Gasteiger partial charge in [-0.2, -0.15) is 11.3 Å². The molecule has 3 rings (SSSR count). The summed E-state index contributed by atoms with van der Waals surface area (Å²) >= 11 is 1.65. The summed E-state index contributed by atoms with van der Waals surface area (Å²) in [5.41, 5.74) is 3.95. The second-order valence-electron chi connectivity index (χ2n) is 5.89. The Morgan fingerprint density at radius 3 is 2.73 bits per heavy atom. The summed E-state index contributed by atoms with van der Waals surface area (Å²) in [4.78, 5) is 12.4. The average molecular weight is 367 g/mol. The van der Waals surface area contributed by atoms with Gasteiger partial charge in [-0.1, -0.05) is 24.3 Å². The third-order valence-corrected chi connectivity index (χ3v) is 4.67. The van der Waals surface area contributed by atoms with Crippen molar-refractivity contribution in [3.8, 4) is 16.9 Å². The number of methoxy groups -OCH3 is 1. The van der Waals surface area contributed by atoms with E-state index in [0.717, 1.165) is 28.1 Å². The molecule has 26 heavy (non-hydrogen) atoms. The van der Waals surface area contributed by atoms with E-state index in [0.29, 0.717) is 6.61 Å². The smallest absolute Gasteiger partial charge is 0.253 e. The number of hydrogen-bond acceptors (Lipinski definition) is 4. The molecule has 0 saturated carbocycles. The summed E-state index contributed by atoms with van der Waals surface area (Å²) in [5, 5.41) is 7.04. The van der Waals surface area contributed by atoms with E-state index in [4.69, 9.17) is 9.47 Å². The van der Waals surface area contributed by atoms with Crippen molar-refractivity contribution in [3.05, 3.63) is 70.9 Å². The average Bonchev–Trinajstić information content (AvgIpc) is 3.21. The minimum absolute atomic E-state index is 0.171. The van der Waals surface area contributed by atoms with Crippen LogP contribution in [0.1, 0.15) is 12.5 Å². The fourth-order valence-corrected chi connectivity index (χ4v) is 3.17. The summed E-state index contributed by atoms with van der Waals surface area (Å²) in [6.07, 6.45) is -0.564. The van der Waals surface area contributed by atoms with Crippen molar-refractivity contribution in [1.82, 2.24) is 0 Å². The molecule has 0 fully saturated rings. The largest absolute Gasteiger partial charge is 0.497 e. The number of carbonyl (C=O) groups is 1. The lowest BCUT2D eigenvalue weighted by Crippen LogP contribution is -2.27. The normalized spacial score (nSPS) is 11.8. The predicted molar refractivity (Wildman–Crippen MR) is 106 cm³/mol. The van der Waals surface area contributed by atoms with Crippen LogP contribution in [0.25, 0.3) is 11.1 Å². The summed E-state index contributed by atoms with van der Waals surface area (Å²) < 4.78 is 10.9. The first-order chi connectivity index (χ1) is 12.7. The van der Waals surface area contributed by atoms with Gasteiger partial charge in [0.2, 0.25) is 0 Å². The lowest BCUT2D eigenvalue weighted by atomic mass is 10.1. The van der Waals surface area contributed by atoms with Gasteiger partial charge in [0.1, 0.15) is 11.9 Å². The Morgan fingerprint density at radius 2 is 1.96 bits per heavy atom. The molecule has 0 saturated heterocycles. The Kier molecular flexibility index (Phi) is 6.04. The molecule has 0 bridgehead atoms. The van der Waals surface area contributed by atoms with E-state index in [9.17, 15) is 4.79 Å². The van der Waals surface area contributed by atoms with Gasteiger partial charge >= 0.3 is 0 Å². The van der Waals surface area contributed by atoms with Crippen molar-refractivity contribution < 1.29 is 14.3 Å². The second kappa shape index (κ2) is 8.65. The van der Waals surface area contributed by atoms with Crippen LogP contribution in [-0.4, -0.2) is 19.1 Å². The Morgan fingerprint density at radius 1 is 1.12 bits per heavy atom. The first-order valence-electron chi connectivity index (χ1n) is 8.34. The van der Waals surface area contributed by atoms with Crippen molar-refractivity contribution in [2.75, 3.05) is 12.4 Å². The monoisotopic (exact) mass is 367 g/mol. The molecule has 0 aliphatic carbocycles. The van der Waals surface area contributed by atoms with Gasteiger partial charge < -0.3 is 14.8 Å². The Hall–Kier alpha value is -2.63. The van der Waals surface area contributed by atoms with E-state index in [1.807, 2.05) is 53.9 Å². The summed E-state index contributed by atoms with van der Waals surface area (Å²) in [6, 6.07) is 17.5. The zero-order chi connectivity index (χ0) is 18.4. The maximum Gasteiger partial charge on any atom is 0.253 e. The molecule has 1 amide bonds. The molecule has 2 aromatic carbocycles. The zero-order valence-electron chi connectivity index (χ0n) is 14.8. The van der Waals surface area contributed by atoms with Gasteiger partial charge in [-0.25, -0.2) is 0 Å². The quantitative estimate of drug-likeness (QED) is 0.641. The fourth-order valence-electron chi connectivity index (χ4n) is 2.51. The van der Waals surface area contributed by atoms with Gasteiger partial charge in [0, 0.05) is 5.69 Å². The number of rotatable bonds is 7. The van der Waals surface area contributed by atoms with Crippen LogP contribution in [0.3, 0.4) is 0 Å². The van der Waals surface area contributed by atoms with E-state index in [2.05, 4.69) is 16.8 Å². The number of ether oxygens (including phenoxy) is 2. The van der Waals surface area contributed by atoms with Crippen LogP contribution >= 0.6 is 11.3 Å². The zero-order valence-corrected chi connectivity index (χ0v) is 15.6. The van der Waals surface area contributed by atoms with E-state index >= 15 is 0 Å². The highest BCUT2D eigenvalue weighted by atomic mass is 32.1. The van der Waals surface area contributed by atoms with E-state index in [-0.39, 0.29) is 5.91 Å². The summed E-state index contributed by atoms with van der Waals surface area (Å²) in [6.45, 7) is 2.10. The van der Waals surface area contributed by atoms with Crippen LogP contribution in [0.2, 0.25) is 0 Å². The van der Waals surface area contributed by atoms with Crippen molar-refractivity contribution in [2.45, 2.75) is 19.6 Å². The van der Waals surface area contributed by atoms with Crippen LogP contribution < -0.4 is 10.1 Å². The number of thiophene rings is 1. The highest BCUT2D eigenvalue weighted by molar-refractivity contribution is 7.08. The van der Waals surface area contributed by atoms with Gasteiger partial charge in [0.15, 0.2) is 0 Å². The van der Waals surface area contributed by atoms with Gasteiger partial charge in [-0.05, 0) is 64.7 Å². The highest BCUT2D eigenvalue weighted by Crippen LogP contribution is 2.24. The number of carbonyl (C=O) groups excluding carboxylic acids is 1. The second-order valence-corrected chi connectivity index (χ2v) is 6.67. The van der Waals surface area contributed by atoms with Crippen molar-refractivity contribution in [2.24, 2.45) is 0 Å². The molecule has 1 aromatic heterocycles. The predicted octanol–water partition coefficient (Wildman–Crippen LogP) is 4.97. The molecule has 5 heteroatoms. The van der Waals surface area contributed by atoms with Gasteiger partial charge in [-0.3, -0.25) is 4.79 Å². The Labute approximate surface area is 157 Å². The van der Waals surface area contributed by atoms with Gasteiger partial charge in [0.25, 0.3) is 5.91 Å². The molecular formula is C21H21NO3S. The minimum Gasteiger partial charge on any atom is -0.497 e. The van der Waals surface area contributed by atoms with Gasteiger partial charge in [-0.15, -0.1) is 0 Å². The van der Waals surface area contributed by atoms with Crippen molar-refractivity contribution in [3.63, 3.8) is 0 Å². The maximum atomic E-state index is 12.4. The molecule has 1 heterocycles. The molecule has 0 radical (unpaired) electrons. The summed E-state index contributed by atoms with van der Waals surface area (Å²) in [7, 11) is 1.63.